The van der Waals surface area contributed by atoms with E-state index in [0.29, 0.717) is 18.0 Å². The number of piperazine rings is 1. The summed E-state index contributed by atoms with van der Waals surface area (Å²) in [7, 11) is 2.29. The van der Waals surface area contributed by atoms with Crippen LogP contribution < -0.4 is 0 Å². The second-order valence-corrected chi connectivity index (χ2v) is 8.20. The molecule has 2 unspecified atom stereocenters. The Morgan fingerprint density at radius 3 is 2.17 bits per heavy atom. The monoisotopic (exact) mass is 338 g/mol. The highest BCUT2D eigenvalue weighted by atomic mass is 32.2. The van der Waals surface area contributed by atoms with Gasteiger partial charge in [0.05, 0.1) is 0 Å². The Hall–Kier alpha value is -1.29. The first kappa shape index (κ1) is 16.2. The summed E-state index contributed by atoms with van der Waals surface area (Å²) in [5, 5.41) is 0. The van der Waals surface area contributed by atoms with Crippen LogP contribution in [0.15, 0.2) is 60.7 Å². The van der Waals surface area contributed by atoms with Crippen molar-refractivity contribution in [1.29, 1.82) is 0 Å². The van der Waals surface area contributed by atoms with Gasteiger partial charge in [-0.25, -0.2) is 0 Å². The molecule has 2 saturated heterocycles. The van der Waals surface area contributed by atoms with Gasteiger partial charge in [0.2, 0.25) is 0 Å². The topological polar surface area (TPSA) is 6.48 Å². The van der Waals surface area contributed by atoms with Gasteiger partial charge >= 0.3 is 0 Å². The molecule has 0 spiro atoms. The van der Waals surface area contributed by atoms with Crippen molar-refractivity contribution < 1.29 is 0 Å². The Morgan fingerprint density at radius 2 is 1.54 bits per heavy atom. The summed E-state index contributed by atoms with van der Waals surface area (Å²) < 4.78 is 0. The van der Waals surface area contributed by atoms with E-state index >= 15 is 0 Å². The molecule has 2 nitrogen and oxygen atoms in total. The summed E-state index contributed by atoms with van der Waals surface area (Å²) in [4.78, 5) is 5.35. The highest BCUT2D eigenvalue weighted by Crippen LogP contribution is 2.36. The lowest BCUT2D eigenvalue weighted by atomic mass is 9.82. The van der Waals surface area contributed by atoms with E-state index in [1.54, 1.807) is 0 Å². The molecule has 126 valence electrons. The van der Waals surface area contributed by atoms with Crippen LogP contribution in [0.1, 0.15) is 17.0 Å². The second-order valence-electron chi connectivity index (χ2n) is 7.05. The van der Waals surface area contributed by atoms with Gasteiger partial charge in [-0.2, -0.15) is 11.8 Å². The lowest BCUT2D eigenvalue weighted by Gasteiger charge is -2.50. The third-order valence-electron chi connectivity index (χ3n) is 5.42. The number of hydrogen-bond acceptors (Lipinski definition) is 3. The van der Waals surface area contributed by atoms with E-state index in [4.69, 9.17) is 0 Å². The summed E-state index contributed by atoms with van der Waals surface area (Å²) >= 11 is 2.12. The molecule has 0 amide bonds. The maximum Gasteiger partial charge on any atom is 0.0336 e. The molecule has 4 rings (SSSR count). The number of thioether (sulfide) groups is 1. The molecular formula is C21H26N2S. The molecule has 2 fully saturated rings. The number of benzene rings is 2. The smallest absolute Gasteiger partial charge is 0.0336 e. The molecule has 0 bridgehead atoms. The molecule has 0 saturated carbocycles. The first-order valence-electron chi connectivity index (χ1n) is 8.95. The zero-order valence-electron chi connectivity index (χ0n) is 14.3. The fourth-order valence-electron chi connectivity index (χ4n) is 4.37. The van der Waals surface area contributed by atoms with Gasteiger partial charge < -0.3 is 4.90 Å². The summed E-state index contributed by atoms with van der Waals surface area (Å²) in [6.07, 6.45) is 0. The third-order valence-corrected chi connectivity index (χ3v) is 6.51. The average molecular weight is 339 g/mol. The van der Waals surface area contributed by atoms with E-state index < -0.39 is 0 Å². The van der Waals surface area contributed by atoms with Gasteiger partial charge in [-0.1, -0.05) is 60.7 Å². The Labute approximate surface area is 149 Å². The van der Waals surface area contributed by atoms with Crippen molar-refractivity contribution in [1.82, 2.24) is 9.80 Å². The van der Waals surface area contributed by atoms with E-state index in [2.05, 4.69) is 89.3 Å². The molecule has 0 N–H and O–H groups in total. The zero-order chi connectivity index (χ0) is 16.4. The van der Waals surface area contributed by atoms with Crippen LogP contribution in [0.25, 0.3) is 0 Å². The van der Waals surface area contributed by atoms with Gasteiger partial charge in [0, 0.05) is 49.1 Å². The lowest BCUT2D eigenvalue weighted by molar-refractivity contribution is 0.0400. The zero-order valence-corrected chi connectivity index (χ0v) is 15.2. The minimum absolute atomic E-state index is 0.445. The van der Waals surface area contributed by atoms with Gasteiger partial charge in [0.25, 0.3) is 0 Å². The van der Waals surface area contributed by atoms with Gasteiger partial charge in [-0.3, -0.25) is 4.90 Å². The number of rotatable bonds is 3. The Morgan fingerprint density at radius 1 is 0.917 bits per heavy atom. The standard InChI is InChI=1S/C21H26N2S/c1-22-14-19-16-24-13-12-23(19)20(15-22)21(17-8-4-2-5-9-17)18-10-6-3-7-11-18/h2-11,19-21H,12-16H2,1H3. The maximum atomic E-state index is 2.81. The number of nitrogens with zero attached hydrogens (tertiary/aromatic N) is 2. The van der Waals surface area contributed by atoms with Crippen LogP contribution in [0.2, 0.25) is 0 Å². The summed E-state index contributed by atoms with van der Waals surface area (Å²) in [6.45, 7) is 3.58. The van der Waals surface area contributed by atoms with Crippen molar-refractivity contribution in [2.24, 2.45) is 0 Å². The van der Waals surface area contributed by atoms with E-state index in [9.17, 15) is 0 Å². The van der Waals surface area contributed by atoms with Crippen molar-refractivity contribution in [2.75, 3.05) is 38.2 Å². The molecule has 0 radical (unpaired) electrons. The van der Waals surface area contributed by atoms with Crippen LogP contribution in [0, 0.1) is 0 Å². The fourth-order valence-corrected chi connectivity index (χ4v) is 5.45. The molecule has 2 aromatic rings. The molecule has 0 aromatic heterocycles. The minimum atomic E-state index is 0.445. The van der Waals surface area contributed by atoms with Gasteiger partial charge in [0.1, 0.15) is 0 Å². The predicted molar refractivity (Wildman–Crippen MR) is 104 cm³/mol. The van der Waals surface area contributed by atoms with Crippen LogP contribution in [0.3, 0.4) is 0 Å². The van der Waals surface area contributed by atoms with Gasteiger partial charge in [-0.05, 0) is 18.2 Å². The molecule has 3 heteroatoms. The van der Waals surface area contributed by atoms with Crippen LogP contribution in [-0.2, 0) is 0 Å². The van der Waals surface area contributed by atoms with Crippen LogP contribution in [0.5, 0.6) is 0 Å². The Kier molecular flexibility index (Phi) is 4.93. The Bertz CT molecular complexity index is 606. The van der Waals surface area contributed by atoms with E-state index in [1.165, 1.54) is 35.7 Å². The molecule has 2 aliphatic rings. The van der Waals surface area contributed by atoms with Crippen LogP contribution in [-0.4, -0.2) is 60.1 Å². The molecule has 2 aliphatic heterocycles. The third kappa shape index (κ3) is 3.26. The molecule has 2 atom stereocenters. The first-order chi connectivity index (χ1) is 11.8. The largest absolute Gasteiger partial charge is 0.303 e. The van der Waals surface area contributed by atoms with E-state index in [-0.39, 0.29) is 0 Å². The van der Waals surface area contributed by atoms with Crippen molar-refractivity contribution in [2.45, 2.75) is 18.0 Å². The van der Waals surface area contributed by atoms with E-state index in [1.807, 2.05) is 0 Å². The molecule has 2 aromatic carbocycles. The SMILES string of the molecule is CN1CC2CSCCN2C(C(c2ccccc2)c2ccccc2)C1. The van der Waals surface area contributed by atoms with E-state index in [0.717, 1.165) is 6.54 Å². The highest BCUT2D eigenvalue weighted by Gasteiger charge is 2.39. The molecule has 0 aliphatic carbocycles. The molecule has 2 heterocycles. The normalized spacial score (nSPS) is 25.6. The van der Waals surface area contributed by atoms with Crippen molar-refractivity contribution >= 4 is 11.8 Å². The fraction of sp³-hybridized carbons (Fsp3) is 0.429. The quantitative estimate of drug-likeness (QED) is 0.845. The molecular weight excluding hydrogens is 312 g/mol. The lowest BCUT2D eigenvalue weighted by Crippen LogP contribution is -2.62. The predicted octanol–water partition coefficient (Wildman–Crippen LogP) is 3.55. The summed E-state index contributed by atoms with van der Waals surface area (Å²) in [5.74, 6) is 2.99. The number of hydrogen-bond donors (Lipinski definition) is 0. The molecule has 24 heavy (non-hydrogen) atoms. The van der Waals surface area contributed by atoms with Gasteiger partial charge in [-0.15, -0.1) is 0 Å². The maximum absolute atomic E-state index is 2.81. The summed E-state index contributed by atoms with van der Waals surface area (Å²) in [6, 6.07) is 23.4. The van der Waals surface area contributed by atoms with Crippen LogP contribution >= 0.6 is 11.8 Å². The minimum Gasteiger partial charge on any atom is -0.303 e. The van der Waals surface area contributed by atoms with Crippen LogP contribution in [0.4, 0.5) is 0 Å². The highest BCUT2D eigenvalue weighted by molar-refractivity contribution is 7.99. The van der Waals surface area contributed by atoms with Gasteiger partial charge in [0.15, 0.2) is 0 Å². The number of fused-ring (bicyclic) bond motifs is 1. The van der Waals surface area contributed by atoms with Crippen molar-refractivity contribution in [3.05, 3.63) is 71.8 Å². The van der Waals surface area contributed by atoms with Crippen molar-refractivity contribution in [3.8, 4) is 0 Å². The average Bonchev–Trinajstić information content (AvgIpc) is 2.63. The first-order valence-corrected chi connectivity index (χ1v) is 10.1. The number of likely N-dealkylation sites (N-methyl/N-ethyl adjacent to an activating group) is 1. The van der Waals surface area contributed by atoms with Crippen molar-refractivity contribution in [3.63, 3.8) is 0 Å². The Balaban J connectivity index is 1.74. The summed E-state index contributed by atoms with van der Waals surface area (Å²) in [5.41, 5.74) is 2.89. The second kappa shape index (κ2) is 7.30.